The minimum absolute atomic E-state index is 0. The molecule has 1 atom stereocenters. The fourth-order valence-electron chi connectivity index (χ4n) is 3.01. The normalized spacial score (nSPS) is 17.4. The Balaban J connectivity index is 0.00000392. The second-order valence-corrected chi connectivity index (χ2v) is 6.97. The molecule has 1 aliphatic heterocycles. The van der Waals surface area contributed by atoms with E-state index >= 15 is 0 Å². The molecule has 0 aliphatic carbocycles. The molecule has 1 fully saturated rings. The maximum Gasteiger partial charge on any atom is 0.191 e. The van der Waals surface area contributed by atoms with Gasteiger partial charge in [0.1, 0.15) is 5.75 Å². The third-order valence-corrected chi connectivity index (χ3v) is 4.33. The Hall–Kier alpha value is -1.10. The van der Waals surface area contributed by atoms with Crippen LogP contribution in [0.15, 0.2) is 29.3 Å². The Morgan fingerprint density at radius 1 is 1.25 bits per heavy atom. The van der Waals surface area contributed by atoms with Crippen LogP contribution in [0.3, 0.4) is 0 Å². The zero-order chi connectivity index (χ0) is 19.5. The number of nitrogens with zero attached hydrogens (tertiary/aromatic N) is 2. The predicted octanol–water partition coefficient (Wildman–Crippen LogP) is 1.84. The minimum Gasteiger partial charge on any atom is -0.494 e. The smallest absolute Gasteiger partial charge is 0.191 e. The highest BCUT2D eigenvalue weighted by molar-refractivity contribution is 14.0. The molecule has 28 heavy (non-hydrogen) atoms. The quantitative estimate of drug-likeness (QED) is 0.270. The predicted molar refractivity (Wildman–Crippen MR) is 124 cm³/mol. The first-order valence-electron chi connectivity index (χ1n) is 9.79. The largest absolute Gasteiger partial charge is 0.494 e. The van der Waals surface area contributed by atoms with Crippen LogP contribution in [0.25, 0.3) is 0 Å². The van der Waals surface area contributed by atoms with Gasteiger partial charge in [0.25, 0.3) is 0 Å². The van der Waals surface area contributed by atoms with Gasteiger partial charge in [0.2, 0.25) is 0 Å². The van der Waals surface area contributed by atoms with Crippen LogP contribution in [0.4, 0.5) is 0 Å². The second kappa shape index (κ2) is 13.2. The molecular formula is C20H35IN4O3. The molecular weight excluding hydrogens is 471 g/mol. The Bertz CT molecular complexity index is 593. The molecule has 1 aromatic rings. The Labute approximate surface area is 185 Å². The first-order valence-corrected chi connectivity index (χ1v) is 9.79. The molecule has 1 saturated heterocycles. The Kier molecular flexibility index (Phi) is 11.7. The van der Waals surface area contributed by atoms with Crippen molar-refractivity contribution in [3.8, 4) is 5.75 Å². The highest BCUT2D eigenvalue weighted by Gasteiger charge is 2.25. The highest BCUT2D eigenvalue weighted by atomic mass is 127. The number of para-hydroxylation sites is 1. The minimum atomic E-state index is -0.850. The molecule has 7 nitrogen and oxygen atoms in total. The lowest BCUT2D eigenvalue weighted by Crippen LogP contribution is -2.52. The topological polar surface area (TPSA) is 78.4 Å². The number of β-amino-alcohol motifs (C(OH)–C–C–N with tert-alkyl or cyclic N) is 1. The van der Waals surface area contributed by atoms with Crippen LogP contribution < -0.4 is 15.4 Å². The fraction of sp³-hybridized carbons (Fsp3) is 0.650. The summed E-state index contributed by atoms with van der Waals surface area (Å²) in [6.45, 7) is 11.9. The first kappa shape index (κ1) is 24.9. The van der Waals surface area contributed by atoms with Gasteiger partial charge in [-0.1, -0.05) is 18.2 Å². The van der Waals surface area contributed by atoms with E-state index in [0.717, 1.165) is 44.2 Å². The number of hydrogen-bond donors (Lipinski definition) is 3. The molecule has 0 saturated carbocycles. The lowest BCUT2D eigenvalue weighted by atomic mass is 10.1. The number of halogens is 1. The van der Waals surface area contributed by atoms with Gasteiger partial charge < -0.3 is 25.2 Å². The summed E-state index contributed by atoms with van der Waals surface area (Å²) in [7, 11) is 0. The molecule has 0 aromatic heterocycles. The van der Waals surface area contributed by atoms with Crippen LogP contribution in [0.5, 0.6) is 5.75 Å². The third-order valence-electron chi connectivity index (χ3n) is 4.33. The SMILES string of the molecule is CCNC(=NCc1ccccc1OCC)NCC(C)(O)CN1CCOCC1.I. The third kappa shape index (κ3) is 8.93. The summed E-state index contributed by atoms with van der Waals surface area (Å²) >= 11 is 0. The molecule has 1 unspecified atom stereocenters. The number of ether oxygens (including phenoxy) is 2. The molecule has 0 radical (unpaired) electrons. The van der Waals surface area contributed by atoms with E-state index in [1.54, 1.807) is 0 Å². The average molecular weight is 506 g/mol. The van der Waals surface area contributed by atoms with Crippen molar-refractivity contribution in [2.45, 2.75) is 32.9 Å². The van der Waals surface area contributed by atoms with Crippen molar-refractivity contribution in [3.63, 3.8) is 0 Å². The van der Waals surface area contributed by atoms with Gasteiger partial charge in [0.05, 0.1) is 32.0 Å². The van der Waals surface area contributed by atoms with Gasteiger partial charge in [-0.15, -0.1) is 24.0 Å². The van der Waals surface area contributed by atoms with E-state index in [1.807, 2.05) is 45.0 Å². The molecule has 8 heteroatoms. The first-order chi connectivity index (χ1) is 13.0. The molecule has 1 heterocycles. The summed E-state index contributed by atoms with van der Waals surface area (Å²) in [6, 6.07) is 7.93. The lowest BCUT2D eigenvalue weighted by molar-refractivity contribution is -0.0201. The standard InChI is InChI=1S/C20H34N4O3.HI/c1-4-21-19(22-14-17-8-6-7-9-18(17)27-5-2)23-15-20(3,25)16-24-10-12-26-13-11-24;/h6-9,25H,4-5,10-16H2,1-3H3,(H2,21,22,23);1H. The second-order valence-electron chi connectivity index (χ2n) is 6.97. The van der Waals surface area contributed by atoms with Crippen molar-refractivity contribution in [2.24, 2.45) is 4.99 Å². The Morgan fingerprint density at radius 2 is 1.96 bits per heavy atom. The number of guanidine groups is 1. The van der Waals surface area contributed by atoms with Crippen LogP contribution in [-0.4, -0.2) is 74.1 Å². The number of aliphatic hydroxyl groups is 1. The zero-order valence-corrected chi connectivity index (χ0v) is 19.6. The van der Waals surface area contributed by atoms with E-state index < -0.39 is 5.60 Å². The van der Waals surface area contributed by atoms with Gasteiger partial charge in [-0.2, -0.15) is 0 Å². The van der Waals surface area contributed by atoms with Crippen molar-refractivity contribution >= 4 is 29.9 Å². The molecule has 1 aromatic carbocycles. The molecule has 0 amide bonds. The van der Waals surface area contributed by atoms with E-state index in [0.29, 0.717) is 32.2 Å². The van der Waals surface area contributed by atoms with Gasteiger partial charge in [-0.05, 0) is 26.8 Å². The average Bonchev–Trinajstić information content (AvgIpc) is 2.66. The van der Waals surface area contributed by atoms with Crippen LogP contribution in [0.1, 0.15) is 26.3 Å². The summed E-state index contributed by atoms with van der Waals surface area (Å²) in [6.07, 6.45) is 0. The molecule has 1 aliphatic rings. The molecule has 0 bridgehead atoms. The molecule has 3 N–H and O–H groups in total. The summed E-state index contributed by atoms with van der Waals surface area (Å²) in [5.41, 5.74) is 0.188. The van der Waals surface area contributed by atoms with Gasteiger partial charge in [0, 0.05) is 38.3 Å². The van der Waals surface area contributed by atoms with Crippen LogP contribution >= 0.6 is 24.0 Å². The molecule has 2 rings (SSSR count). The fourth-order valence-corrected chi connectivity index (χ4v) is 3.01. The van der Waals surface area contributed by atoms with Crippen molar-refractivity contribution < 1.29 is 14.6 Å². The number of hydrogen-bond acceptors (Lipinski definition) is 5. The van der Waals surface area contributed by atoms with Crippen molar-refractivity contribution in [1.82, 2.24) is 15.5 Å². The number of benzene rings is 1. The van der Waals surface area contributed by atoms with Gasteiger partial charge in [-0.3, -0.25) is 4.90 Å². The number of rotatable bonds is 9. The van der Waals surface area contributed by atoms with Gasteiger partial charge in [-0.25, -0.2) is 4.99 Å². The van der Waals surface area contributed by atoms with Gasteiger partial charge >= 0.3 is 0 Å². The maximum atomic E-state index is 10.7. The number of morpholine rings is 1. The van der Waals surface area contributed by atoms with Gasteiger partial charge in [0.15, 0.2) is 5.96 Å². The van der Waals surface area contributed by atoms with Crippen molar-refractivity contribution in [3.05, 3.63) is 29.8 Å². The van der Waals surface area contributed by atoms with Crippen LogP contribution in [-0.2, 0) is 11.3 Å². The van der Waals surface area contributed by atoms with E-state index in [1.165, 1.54) is 0 Å². The monoisotopic (exact) mass is 506 g/mol. The van der Waals surface area contributed by atoms with E-state index in [9.17, 15) is 5.11 Å². The van der Waals surface area contributed by atoms with Crippen molar-refractivity contribution in [2.75, 3.05) is 52.5 Å². The van der Waals surface area contributed by atoms with E-state index in [4.69, 9.17) is 9.47 Å². The highest BCUT2D eigenvalue weighted by Crippen LogP contribution is 2.18. The zero-order valence-electron chi connectivity index (χ0n) is 17.2. The van der Waals surface area contributed by atoms with E-state index in [2.05, 4.69) is 20.5 Å². The maximum absolute atomic E-state index is 10.7. The summed E-state index contributed by atoms with van der Waals surface area (Å²) in [4.78, 5) is 6.88. The summed E-state index contributed by atoms with van der Waals surface area (Å²) in [5.74, 6) is 1.55. The number of nitrogens with one attached hydrogen (secondary N) is 2. The lowest BCUT2D eigenvalue weighted by Gasteiger charge is -2.34. The summed E-state index contributed by atoms with van der Waals surface area (Å²) in [5, 5.41) is 17.2. The van der Waals surface area contributed by atoms with Crippen LogP contribution in [0, 0.1) is 0 Å². The summed E-state index contributed by atoms with van der Waals surface area (Å²) < 4.78 is 11.0. The van der Waals surface area contributed by atoms with E-state index in [-0.39, 0.29) is 24.0 Å². The van der Waals surface area contributed by atoms with Crippen molar-refractivity contribution in [1.29, 1.82) is 0 Å². The van der Waals surface area contributed by atoms with Crippen LogP contribution in [0.2, 0.25) is 0 Å². The Morgan fingerprint density at radius 3 is 2.64 bits per heavy atom. The number of aliphatic imine (C=N–C) groups is 1. The molecule has 0 spiro atoms. The molecule has 160 valence electrons.